The molecular weight excluding hydrogens is 332 g/mol. The van der Waals surface area contributed by atoms with Crippen LogP contribution < -0.4 is 4.72 Å². The number of carboxylic acid groups (broad SMARTS) is 1. The molecule has 0 saturated heterocycles. The number of carbonyl (C=O) groups is 2. The Hall–Kier alpha value is -1.74. The second-order valence-corrected chi connectivity index (χ2v) is 6.46. The zero-order valence-corrected chi connectivity index (χ0v) is 11.7. The van der Waals surface area contributed by atoms with Crippen molar-refractivity contribution in [1.82, 2.24) is 4.72 Å². The fourth-order valence-corrected chi connectivity index (χ4v) is 3.40. The Morgan fingerprint density at radius 1 is 1.29 bits per heavy atom. The highest BCUT2D eigenvalue weighted by Crippen LogP contribution is 2.39. The molecule has 0 spiro atoms. The van der Waals surface area contributed by atoms with Crippen LogP contribution in [0, 0.1) is 23.5 Å². The van der Waals surface area contributed by atoms with Gasteiger partial charge in [0.25, 0.3) is 10.0 Å². The molecule has 1 amide bonds. The molecule has 2 atom stereocenters. The van der Waals surface area contributed by atoms with Gasteiger partial charge in [0, 0.05) is 0 Å². The maximum Gasteiger partial charge on any atom is 0.307 e. The number of carboxylic acids is 1. The molecular formula is C11H8ClF2NO5S. The Morgan fingerprint density at radius 3 is 2.43 bits per heavy atom. The second kappa shape index (κ2) is 5.23. The molecule has 1 fully saturated rings. The van der Waals surface area contributed by atoms with Gasteiger partial charge in [0.1, 0.15) is 4.90 Å². The molecule has 0 radical (unpaired) electrons. The maximum absolute atomic E-state index is 13.5. The summed E-state index contributed by atoms with van der Waals surface area (Å²) >= 11 is 5.51. The zero-order chi connectivity index (χ0) is 15.9. The van der Waals surface area contributed by atoms with E-state index in [9.17, 15) is 26.8 Å². The van der Waals surface area contributed by atoms with Crippen LogP contribution in [0.5, 0.6) is 0 Å². The van der Waals surface area contributed by atoms with Crippen LogP contribution in [-0.2, 0) is 19.6 Å². The molecule has 1 aromatic rings. The molecule has 21 heavy (non-hydrogen) atoms. The molecule has 0 bridgehead atoms. The molecule has 2 rings (SSSR count). The molecule has 1 aliphatic rings. The van der Waals surface area contributed by atoms with Gasteiger partial charge in [-0.3, -0.25) is 9.59 Å². The van der Waals surface area contributed by atoms with Crippen molar-refractivity contribution in [2.75, 3.05) is 0 Å². The van der Waals surface area contributed by atoms with Gasteiger partial charge in [0.15, 0.2) is 11.6 Å². The highest BCUT2D eigenvalue weighted by atomic mass is 35.5. The van der Waals surface area contributed by atoms with E-state index in [0.717, 1.165) is 6.07 Å². The maximum atomic E-state index is 13.5. The van der Waals surface area contributed by atoms with E-state index >= 15 is 0 Å². The molecule has 2 N–H and O–H groups in total. The number of benzene rings is 1. The van der Waals surface area contributed by atoms with E-state index in [-0.39, 0.29) is 6.42 Å². The molecule has 0 unspecified atom stereocenters. The van der Waals surface area contributed by atoms with E-state index in [1.807, 2.05) is 0 Å². The lowest BCUT2D eigenvalue weighted by atomic mass is 10.3. The van der Waals surface area contributed by atoms with Crippen LogP contribution in [0.15, 0.2) is 17.0 Å². The van der Waals surface area contributed by atoms with E-state index in [0.29, 0.717) is 6.07 Å². The number of hydrogen-bond acceptors (Lipinski definition) is 4. The van der Waals surface area contributed by atoms with Crippen molar-refractivity contribution < 1.29 is 31.9 Å². The minimum Gasteiger partial charge on any atom is -0.481 e. The fourth-order valence-electron chi connectivity index (χ4n) is 1.77. The average Bonchev–Trinajstić information content (AvgIpc) is 3.13. The Kier molecular flexibility index (Phi) is 3.89. The topological polar surface area (TPSA) is 101 Å². The average molecular weight is 340 g/mol. The summed E-state index contributed by atoms with van der Waals surface area (Å²) in [5.41, 5.74) is 0. The first-order valence-electron chi connectivity index (χ1n) is 5.58. The summed E-state index contributed by atoms with van der Waals surface area (Å²) in [5.74, 6) is -7.49. The van der Waals surface area contributed by atoms with Gasteiger partial charge >= 0.3 is 5.97 Å². The van der Waals surface area contributed by atoms with E-state index in [4.69, 9.17) is 16.7 Å². The molecule has 1 aromatic carbocycles. The third kappa shape index (κ3) is 2.98. The van der Waals surface area contributed by atoms with Gasteiger partial charge in [-0.05, 0) is 18.6 Å². The van der Waals surface area contributed by atoms with Gasteiger partial charge in [0.05, 0.1) is 16.9 Å². The molecule has 0 aliphatic heterocycles. The Labute approximate surface area is 122 Å². The largest absolute Gasteiger partial charge is 0.481 e. The summed E-state index contributed by atoms with van der Waals surface area (Å²) in [4.78, 5) is 21.0. The molecule has 10 heteroatoms. The number of sulfonamides is 1. The Morgan fingerprint density at radius 2 is 1.90 bits per heavy atom. The predicted molar refractivity (Wildman–Crippen MR) is 65.9 cm³/mol. The lowest BCUT2D eigenvalue weighted by Crippen LogP contribution is -2.33. The van der Waals surface area contributed by atoms with Gasteiger partial charge < -0.3 is 5.11 Å². The third-order valence-electron chi connectivity index (χ3n) is 2.95. The highest BCUT2D eigenvalue weighted by Gasteiger charge is 2.49. The summed E-state index contributed by atoms with van der Waals surface area (Å²) in [6, 6.07) is 1.47. The van der Waals surface area contributed by atoms with Crippen molar-refractivity contribution in [2.24, 2.45) is 11.8 Å². The lowest BCUT2D eigenvalue weighted by Gasteiger charge is -2.09. The fraction of sp³-hybridized carbons (Fsp3) is 0.273. The summed E-state index contributed by atoms with van der Waals surface area (Å²) in [6.45, 7) is 0. The monoisotopic (exact) mass is 339 g/mol. The van der Waals surface area contributed by atoms with E-state index in [1.54, 1.807) is 0 Å². The predicted octanol–water partition coefficient (Wildman–Crippen LogP) is 1.14. The summed E-state index contributed by atoms with van der Waals surface area (Å²) in [6.07, 6.45) is -0.0178. The zero-order valence-electron chi connectivity index (χ0n) is 10.1. The SMILES string of the molecule is O=C(O)[C@@H]1C[C@H]1C(=O)NS(=O)(=O)c1c(Cl)ccc(F)c1F. The van der Waals surface area contributed by atoms with E-state index < -0.39 is 55.3 Å². The normalized spacial score (nSPS) is 20.9. The number of nitrogens with one attached hydrogen (secondary N) is 1. The number of amides is 1. The summed E-state index contributed by atoms with van der Waals surface area (Å²) in [7, 11) is -4.74. The number of aliphatic carboxylic acids is 1. The first-order chi connectivity index (χ1) is 9.65. The second-order valence-electron chi connectivity index (χ2n) is 4.43. The molecule has 1 aliphatic carbocycles. The van der Waals surface area contributed by atoms with Crippen LogP contribution in [0.1, 0.15) is 6.42 Å². The van der Waals surface area contributed by atoms with Gasteiger partial charge in [-0.2, -0.15) is 0 Å². The molecule has 114 valence electrons. The Bertz CT molecular complexity index is 736. The van der Waals surface area contributed by atoms with Gasteiger partial charge in [-0.15, -0.1) is 0 Å². The number of carbonyl (C=O) groups excluding carboxylic acids is 1. The van der Waals surface area contributed by atoms with Gasteiger partial charge in [-0.1, -0.05) is 11.6 Å². The Balaban J connectivity index is 2.26. The smallest absolute Gasteiger partial charge is 0.307 e. The van der Waals surface area contributed by atoms with Crippen LogP contribution in [0.2, 0.25) is 5.02 Å². The van der Waals surface area contributed by atoms with Crippen LogP contribution in [0.25, 0.3) is 0 Å². The standard InChI is InChI=1S/C11H8ClF2NO5S/c12-6-1-2-7(13)8(14)9(6)21(19,20)15-10(16)4-3-5(4)11(17)18/h1-2,4-5H,3H2,(H,15,16)(H,17,18)/t4-,5-/m1/s1. The van der Waals surface area contributed by atoms with Crippen LogP contribution >= 0.6 is 11.6 Å². The molecule has 6 nitrogen and oxygen atoms in total. The lowest BCUT2D eigenvalue weighted by molar-refractivity contribution is -0.140. The van der Waals surface area contributed by atoms with Crippen LogP contribution in [-0.4, -0.2) is 25.4 Å². The minimum absolute atomic E-state index is 0.0178. The van der Waals surface area contributed by atoms with Crippen molar-refractivity contribution in [3.63, 3.8) is 0 Å². The quantitative estimate of drug-likeness (QED) is 0.801. The van der Waals surface area contributed by atoms with E-state index in [2.05, 4.69) is 0 Å². The van der Waals surface area contributed by atoms with Crippen molar-refractivity contribution in [3.8, 4) is 0 Å². The van der Waals surface area contributed by atoms with Crippen molar-refractivity contribution in [3.05, 3.63) is 28.8 Å². The first kappa shape index (κ1) is 15.6. The van der Waals surface area contributed by atoms with Gasteiger partial charge in [0.2, 0.25) is 5.91 Å². The molecule has 0 aromatic heterocycles. The van der Waals surface area contributed by atoms with Crippen molar-refractivity contribution >= 4 is 33.5 Å². The number of halogens is 3. The van der Waals surface area contributed by atoms with Crippen molar-refractivity contribution in [2.45, 2.75) is 11.3 Å². The number of rotatable bonds is 4. The third-order valence-corrected chi connectivity index (χ3v) is 4.78. The summed E-state index contributed by atoms with van der Waals surface area (Å²) in [5, 5.41) is 8.05. The first-order valence-corrected chi connectivity index (χ1v) is 7.44. The highest BCUT2D eigenvalue weighted by molar-refractivity contribution is 7.90. The van der Waals surface area contributed by atoms with E-state index in [1.165, 1.54) is 4.72 Å². The number of hydrogen-bond donors (Lipinski definition) is 2. The molecule has 0 heterocycles. The van der Waals surface area contributed by atoms with Crippen LogP contribution in [0.3, 0.4) is 0 Å². The minimum atomic E-state index is -4.74. The van der Waals surface area contributed by atoms with Gasteiger partial charge in [-0.25, -0.2) is 21.9 Å². The molecule has 1 saturated carbocycles. The summed E-state index contributed by atoms with van der Waals surface area (Å²) < 4.78 is 51.9. The van der Waals surface area contributed by atoms with Crippen molar-refractivity contribution in [1.29, 1.82) is 0 Å². The van der Waals surface area contributed by atoms with Crippen LogP contribution in [0.4, 0.5) is 8.78 Å².